The fourth-order valence-corrected chi connectivity index (χ4v) is 2.69. The molecule has 0 aliphatic rings. The number of rotatable bonds is 2. The van der Waals surface area contributed by atoms with E-state index in [1.807, 2.05) is 18.2 Å². The summed E-state index contributed by atoms with van der Waals surface area (Å²) < 4.78 is 0.841. The van der Waals surface area contributed by atoms with Gasteiger partial charge in [-0.15, -0.1) is 0 Å². The number of benzene rings is 2. The van der Waals surface area contributed by atoms with E-state index >= 15 is 0 Å². The van der Waals surface area contributed by atoms with Crippen molar-refractivity contribution in [3.05, 3.63) is 62.0 Å². The molecule has 0 atom stereocenters. The molecule has 0 radical (unpaired) electrons. The van der Waals surface area contributed by atoms with E-state index in [1.54, 1.807) is 18.2 Å². The van der Waals surface area contributed by atoms with Crippen molar-refractivity contribution in [3.63, 3.8) is 0 Å². The maximum absolute atomic E-state index is 12.3. The Labute approximate surface area is 148 Å². The summed E-state index contributed by atoms with van der Waals surface area (Å²) in [6, 6.07) is 10.7. The first-order valence-electron chi connectivity index (χ1n) is 6.75. The van der Waals surface area contributed by atoms with Crippen LogP contribution in [-0.4, -0.2) is 5.91 Å². The van der Waals surface area contributed by atoms with Crippen molar-refractivity contribution >= 4 is 50.7 Å². The van der Waals surface area contributed by atoms with Crippen molar-refractivity contribution in [1.82, 2.24) is 0 Å². The van der Waals surface area contributed by atoms with Gasteiger partial charge < -0.3 is 5.32 Å². The van der Waals surface area contributed by atoms with Gasteiger partial charge in [0.15, 0.2) is 0 Å². The van der Waals surface area contributed by atoms with E-state index in [2.05, 4.69) is 42.0 Å². The Balaban J connectivity index is 2.23. The number of halogens is 3. The van der Waals surface area contributed by atoms with E-state index in [-0.39, 0.29) is 11.3 Å². The number of carbonyl (C=O) groups excluding carboxylic acids is 1. The minimum absolute atomic E-state index is 0.0504. The monoisotopic (exact) mass is 399 g/mol. The highest BCUT2D eigenvalue weighted by molar-refractivity contribution is 9.10. The Morgan fingerprint density at radius 1 is 1.05 bits per heavy atom. The van der Waals surface area contributed by atoms with Gasteiger partial charge in [-0.05, 0) is 57.2 Å². The number of nitrogens with one attached hydrogen (secondary N) is 1. The van der Waals surface area contributed by atoms with E-state index in [0.717, 1.165) is 4.47 Å². The summed E-state index contributed by atoms with van der Waals surface area (Å²) in [5.41, 5.74) is 2.41. The first-order valence-corrected chi connectivity index (χ1v) is 8.30. The number of amides is 1. The van der Waals surface area contributed by atoms with Gasteiger partial charge in [0, 0.05) is 10.0 Å². The molecule has 0 fully saturated rings. The maximum atomic E-state index is 12.3. The second kappa shape index (κ2) is 6.61. The molecule has 1 N–H and O–H groups in total. The zero-order chi connectivity index (χ0) is 16.5. The maximum Gasteiger partial charge on any atom is 0.255 e. The molecule has 0 aliphatic heterocycles. The third-order valence-electron chi connectivity index (χ3n) is 3.27. The molecule has 0 aromatic heterocycles. The van der Waals surface area contributed by atoms with E-state index in [0.29, 0.717) is 21.3 Å². The average molecular weight is 401 g/mol. The number of hydrogen-bond acceptors (Lipinski definition) is 1. The van der Waals surface area contributed by atoms with Crippen LogP contribution in [0.2, 0.25) is 10.0 Å². The normalized spacial score (nSPS) is 11.4. The number of anilines is 1. The second-order valence-electron chi connectivity index (χ2n) is 6.03. The molecule has 5 heteroatoms. The number of carbonyl (C=O) groups is 1. The Hall–Kier alpha value is -1.03. The quantitative estimate of drug-likeness (QED) is 0.628. The summed E-state index contributed by atoms with van der Waals surface area (Å²) in [5, 5.41) is 3.65. The Bertz CT molecular complexity index is 723. The third kappa shape index (κ3) is 4.03. The van der Waals surface area contributed by atoms with Crippen LogP contribution >= 0.6 is 39.1 Å². The van der Waals surface area contributed by atoms with Crippen LogP contribution in [0.15, 0.2) is 40.9 Å². The van der Waals surface area contributed by atoms with Gasteiger partial charge in [-0.3, -0.25) is 4.79 Å². The lowest BCUT2D eigenvalue weighted by Crippen LogP contribution is -2.14. The summed E-state index contributed by atoms with van der Waals surface area (Å²) in [6.07, 6.45) is 0. The van der Waals surface area contributed by atoms with Gasteiger partial charge in [-0.25, -0.2) is 0 Å². The van der Waals surface area contributed by atoms with E-state index < -0.39 is 0 Å². The summed E-state index contributed by atoms with van der Waals surface area (Å²) in [4.78, 5) is 12.3. The lowest BCUT2D eigenvalue weighted by atomic mass is 9.87. The predicted octanol–water partition coefficient (Wildman–Crippen LogP) is 6.31. The molecule has 116 valence electrons. The van der Waals surface area contributed by atoms with Gasteiger partial charge in [0.2, 0.25) is 0 Å². The summed E-state index contributed by atoms with van der Waals surface area (Å²) >= 11 is 15.3. The average Bonchev–Trinajstić information content (AvgIpc) is 2.42. The highest BCUT2D eigenvalue weighted by atomic mass is 79.9. The van der Waals surface area contributed by atoms with Gasteiger partial charge in [0.05, 0.1) is 15.7 Å². The fourth-order valence-electron chi connectivity index (χ4n) is 1.91. The zero-order valence-corrected chi connectivity index (χ0v) is 15.6. The zero-order valence-electron chi connectivity index (χ0n) is 12.5. The van der Waals surface area contributed by atoms with Crippen molar-refractivity contribution in [2.24, 2.45) is 0 Å². The van der Waals surface area contributed by atoms with Gasteiger partial charge in [0.25, 0.3) is 5.91 Å². The summed E-state index contributed by atoms with van der Waals surface area (Å²) in [5.74, 6) is -0.234. The minimum atomic E-state index is -0.234. The van der Waals surface area contributed by atoms with Crippen LogP contribution in [0.4, 0.5) is 5.69 Å². The summed E-state index contributed by atoms with van der Waals surface area (Å²) in [6.45, 7) is 6.42. The third-order valence-corrected chi connectivity index (χ3v) is 4.66. The van der Waals surface area contributed by atoms with Crippen molar-refractivity contribution in [2.45, 2.75) is 26.2 Å². The topological polar surface area (TPSA) is 29.1 Å². The van der Waals surface area contributed by atoms with Crippen LogP contribution in [0, 0.1) is 0 Å². The molecule has 0 saturated heterocycles. The molecule has 22 heavy (non-hydrogen) atoms. The number of hydrogen-bond donors (Lipinski definition) is 1. The van der Waals surface area contributed by atoms with Crippen molar-refractivity contribution < 1.29 is 4.79 Å². The van der Waals surface area contributed by atoms with Crippen LogP contribution in [-0.2, 0) is 5.41 Å². The Kier molecular flexibility index (Phi) is 5.21. The fraction of sp³-hybridized carbons (Fsp3) is 0.235. The molecule has 2 nitrogen and oxygen atoms in total. The molecule has 0 aliphatic carbocycles. The van der Waals surface area contributed by atoms with Gasteiger partial charge >= 0.3 is 0 Å². The molecule has 0 spiro atoms. The standard InChI is InChI=1S/C17H16BrCl2NO/c1-17(2,3)11-5-7-15(12(18)9-11)21-16(22)10-4-6-13(19)14(20)8-10/h4-9H,1-3H3,(H,21,22). The Morgan fingerprint density at radius 3 is 2.27 bits per heavy atom. The van der Waals surface area contributed by atoms with Gasteiger partial charge in [-0.1, -0.05) is 50.0 Å². The Morgan fingerprint density at radius 2 is 1.73 bits per heavy atom. The second-order valence-corrected chi connectivity index (χ2v) is 7.70. The van der Waals surface area contributed by atoms with Crippen LogP contribution in [0.5, 0.6) is 0 Å². The smallest absolute Gasteiger partial charge is 0.255 e. The molecular weight excluding hydrogens is 385 g/mol. The molecule has 1 amide bonds. The van der Waals surface area contributed by atoms with Crippen molar-refractivity contribution in [2.75, 3.05) is 5.32 Å². The van der Waals surface area contributed by atoms with Crippen molar-refractivity contribution in [3.8, 4) is 0 Å². The van der Waals surface area contributed by atoms with Crippen LogP contribution in [0.1, 0.15) is 36.7 Å². The molecule has 0 heterocycles. The molecule has 2 aromatic carbocycles. The van der Waals surface area contributed by atoms with Gasteiger partial charge in [-0.2, -0.15) is 0 Å². The predicted molar refractivity (Wildman–Crippen MR) is 97.3 cm³/mol. The molecule has 2 aromatic rings. The van der Waals surface area contributed by atoms with Crippen LogP contribution < -0.4 is 5.32 Å². The summed E-state index contributed by atoms with van der Waals surface area (Å²) in [7, 11) is 0. The molecule has 0 bridgehead atoms. The molecule has 0 saturated carbocycles. The first kappa shape index (κ1) is 17.3. The lowest BCUT2D eigenvalue weighted by molar-refractivity contribution is 0.102. The van der Waals surface area contributed by atoms with E-state index in [1.165, 1.54) is 5.56 Å². The van der Waals surface area contributed by atoms with Crippen LogP contribution in [0.3, 0.4) is 0 Å². The molecule has 0 unspecified atom stereocenters. The van der Waals surface area contributed by atoms with E-state index in [4.69, 9.17) is 23.2 Å². The largest absolute Gasteiger partial charge is 0.321 e. The molecule has 2 rings (SSSR count). The lowest BCUT2D eigenvalue weighted by Gasteiger charge is -2.20. The minimum Gasteiger partial charge on any atom is -0.321 e. The SMILES string of the molecule is CC(C)(C)c1ccc(NC(=O)c2ccc(Cl)c(Cl)c2)c(Br)c1. The first-order chi connectivity index (χ1) is 10.2. The highest BCUT2D eigenvalue weighted by Crippen LogP contribution is 2.30. The van der Waals surface area contributed by atoms with E-state index in [9.17, 15) is 4.79 Å². The van der Waals surface area contributed by atoms with Crippen LogP contribution in [0.25, 0.3) is 0 Å². The van der Waals surface area contributed by atoms with Crippen molar-refractivity contribution in [1.29, 1.82) is 0 Å². The molecular formula is C17H16BrCl2NO. The van der Waals surface area contributed by atoms with Gasteiger partial charge in [0.1, 0.15) is 0 Å². The highest BCUT2D eigenvalue weighted by Gasteiger charge is 2.16.